The van der Waals surface area contributed by atoms with Gasteiger partial charge in [-0.3, -0.25) is 0 Å². The number of hydrogen-bond donors (Lipinski definition) is 2. The van der Waals surface area contributed by atoms with Gasteiger partial charge in [-0.05, 0) is 37.1 Å². The molecule has 0 radical (unpaired) electrons. The number of carboxylic acid groups (broad SMARTS) is 1. The van der Waals surface area contributed by atoms with Crippen molar-refractivity contribution in [1.29, 1.82) is 0 Å². The van der Waals surface area contributed by atoms with Gasteiger partial charge in [-0.2, -0.15) is 0 Å². The first-order chi connectivity index (χ1) is 9.15. The number of aryl methyl sites for hydroxylation is 1. The average Bonchev–Trinajstić information content (AvgIpc) is 2.64. The van der Waals surface area contributed by atoms with Crippen molar-refractivity contribution < 1.29 is 9.90 Å². The molecule has 1 aromatic carbocycles. The summed E-state index contributed by atoms with van der Waals surface area (Å²) in [4.78, 5) is 11.0. The molecule has 0 bridgehead atoms. The van der Waals surface area contributed by atoms with Crippen LogP contribution in [-0.2, 0) is 13.6 Å². The third kappa shape index (κ3) is 2.24. The number of carboxylic acids is 1. The van der Waals surface area contributed by atoms with Crippen molar-refractivity contribution >= 4 is 16.9 Å². The minimum absolute atomic E-state index is 0.344. The SMILES string of the molecule is Cn1c(CNC2CCC2)cc2cc(C(=O)O)ccc21. The first-order valence-corrected chi connectivity index (χ1v) is 6.70. The highest BCUT2D eigenvalue weighted by Gasteiger charge is 2.17. The molecule has 1 saturated carbocycles. The third-order valence-corrected chi connectivity index (χ3v) is 4.07. The molecule has 1 aromatic heterocycles. The van der Waals surface area contributed by atoms with Crippen LogP contribution < -0.4 is 5.32 Å². The molecule has 0 saturated heterocycles. The summed E-state index contributed by atoms with van der Waals surface area (Å²) in [6.45, 7) is 0.845. The molecule has 0 atom stereocenters. The average molecular weight is 258 g/mol. The monoisotopic (exact) mass is 258 g/mol. The molecule has 0 aliphatic heterocycles. The van der Waals surface area contributed by atoms with Crippen LogP contribution in [0, 0.1) is 0 Å². The van der Waals surface area contributed by atoms with E-state index in [1.165, 1.54) is 25.0 Å². The number of carbonyl (C=O) groups is 1. The van der Waals surface area contributed by atoms with Gasteiger partial charge in [-0.25, -0.2) is 4.79 Å². The Morgan fingerprint density at radius 3 is 2.84 bits per heavy atom. The lowest BCUT2D eigenvalue weighted by atomic mass is 9.93. The Balaban J connectivity index is 1.87. The van der Waals surface area contributed by atoms with Gasteiger partial charge < -0.3 is 15.0 Å². The number of benzene rings is 1. The van der Waals surface area contributed by atoms with E-state index < -0.39 is 5.97 Å². The van der Waals surface area contributed by atoms with E-state index in [9.17, 15) is 4.79 Å². The maximum absolute atomic E-state index is 11.0. The Morgan fingerprint density at radius 1 is 1.42 bits per heavy atom. The summed E-state index contributed by atoms with van der Waals surface area (Å²) in [6.07, 6.45) is 3.87. The number of aromatic carboxylic acids is 1. The number of aromatic nitrogens is 1. The van der Waals surface area contributed by atoms with Crippen LogP contribution in [-0.4, -0.2) is 21.7 Å². The summed E-state index contributed by atoms with van der Waals surface area (Å²) >= 11 is 0. The molecule has 2 N–H and O–H groups in total. The highest BCUT2D eigenvalue weighted by molar-refractivity contribution is 5.94. The van der Waals surface area contributed by atoms with Crippen LogP contribution in [0.5, 0.6) is 0 Å². The van der Waals surface area contributed by atoms with E-state index in [4.69, 9.17) is 5.11 Å². The van der Waals surface area contributed by atoms with E-state index in [0.29, 0.717) is 11.6 Å². The molecule has 3 rings (SSSR count). The quantitative estimate of drug-likeness (QED) is 0.886. The molecule has 0 spiro atoms. The van der Waals surface area contributed by atoms with Crippen molar-refractivity contribution in [2.24, 2.45) is 7.05 Å². The predicted octanol–water partition coefficient (Wildman–Crippen LogP) is 2.52. The molecule has 4 heteroatoms. The fourth-order valence-corrected chi connectivity index (χ4v) is 2.57. The summed E-state index contributed by atoms with van der Waals surface area (Å²) in [5.74, 6) is -0.875. The van der Waals surface area contributed by atoms with Gasteiger partial charge >= 0.3 is 5.97 Å². The fourth-order valence-electron chi connectivity index (χ4n) is 2.57. The standard InChI is InChI=1S/C15H18N2O2/c1-17-13(9-16-12-3-2-4-12)8-11-7-10(15(18)19)5-6-14(11)17/h5-8,12,16H,2-4,9H2,1H3,(H,18,19). The molecule has 0 unspecified atom stereocenters. The van der Waals surface area contributed by atoms with Crippen molar-refractivity contribution in [2.75, 3.05) is 0 Å². The van der Waals surface area contributed by atoms with Crippen LogP contribution in [0.1, 0.15) is 35.3 Å². The van der Waals surface area contributed by atoms with Crippen molar-refractivity contribution in [1.82, 2.24) is 9.88 Å². The Labute approximate surface area is 112 Å². The first kappa shape index (κ1) is 12.2. The van der Waals surface area contributed by atoms with E-state index in [0.717, 1.165) is 17.4 Å². The highest BCUT2D eigenvalue weighted by Crippen LogP contribution is 2.22. The zero-order valence-corrected chi connectivity index (χ0v) is 11.0. The number of fused-ring (bicyclic) bond motifs is 1. The van der Waals surface area contributed by atoms with Gasteiger partial charge in [0.1, 0.15) is 0 Å². The summed E-state index contributed by atoms with van der Waals surface area (Å²) in [5.41, 5.74) is 2.62. The molecule has 1 aliphatic rings. The predicted molar refractivity (Wildman–Crippen MR) is 74.4 cm³/mol. The fraction of sp³-hybridized carbons (Fsp3) is 0.400. The van der Waals surface area contributed by atoms with Crippen LogP contribution in [0.3, 0.4) is 0 Å². The number of nitrogens with one attached hydrogen (secondary N) is 1. The lowest BCUT2D eigenvalue weighted by Gasteiger charge is -2.26. The minimum Gasteiger partial charge on any atom is -0.478 e. The summed E-state index contributed by atoms with van der Waals surface area (Å²) in [6, 6.07) is 8.02. The van der Waals surface area contributed by atoms with Crippen LogP contribution in [0.15, 0.2) is 24.3 Å². The second-order valence-corrected chi connectivity index (χ2v) is 5.28. The third-order valence-electron chi connectivity index (χ3n) is 4.07. The zero-order chi connectivity index (χ0) is 13.4. The Morgan fingerprint density at radius 2 is 2.21 bits per heavy atom. The smallest absolute Gasteiger partial charge is 0.335 e. The van der Waals surface area contributed by atoms with Crippen LogP contribution in [0.4, 0.5) is 0 Å². The van der Waals surface area contributed by atoms with E-state index in [1.54, 1.807) is 12.1 Å². The number of nitrogens with zero attached hydrogens (tertiary/aromatic N) is 1. The molecular formula is C15H18N2O2. The van der Waals surface area contributed by atoms with Crippen molar-refractivity contribution in [3.63, 3.8) is 0 Å². The second kappa shape index (κ2) is 4.70. The molecule has 1 aliphatic carbocycles. The maximum atomic E-state index is 11.0. The van der Waals surface area contributed by atoms with Gasteiger partial charge in [0.15, 0.2) is 0 Å². The normalized spacial score (nSPS) is 15.6. The molecule has 4 nitrogen and oxygen atoms in total. The van der Waals surface area contributed by atoms with Gasteiger partial charge in [0.2, 0.25) is 0 Å². The molecule has 1 heterocycles. The van der Waals surface area contributed by atoms with E-state index in [2.05, 4.69) is 16.0 Å². The molecular weight excluding hydrogens is 240 g/mol. The van der Waals surface area contributed by atoms with Gasteiger partial charge in [0.05, 0.1) is 5.56 Å². The van der Waals surface area contributed by atoms with Crippen LogP contribution in [0.2, 0.25) is 0 Å². The van der Waals surface area contributed by atoms with Crippen molar-refractivity contribution in [3.05, 3.63) is 35.5 Å². The van der Waals surface area contributed by atoms with E-state index in [1.807, 2.05) is 13.1 Å². The van der Waals surface area contributed by atoms with Crippen LogP contribution >= 0.6 is 0 Å². The van der Waals surface area contributed by atoms with Gasteiger partial charge in [-0.1, -0.05) is 6.42 Å². The Hall–Kier alpha value is -1.81. The van der Waals surface area contributed by atoms with Crippen molar-refractivity contribution in [3.8, 4) is 0 Å². The van der Waals surface area contributed by atoms with E-state index >= 15 is 0 Å². The molecule has 2 aromatic rings. The molecule has 0 amide bonds. The molecule has 100 valence electrons. The van der Waals surface area contributed by atoms with Gasteiger partial charge in [0, 0.05) is 36.2 Å². The molecule has 1 fully saturated rings. The number of hydrogen-bond acceptors (Lipinski definition) is 2. The lowest BCUT2D eigenvalue weighted by Crippen LogP contribution is -2.34. The highest BCUT2D eigenvalue weighted by atomic mass is 16.4. The molecule has 19 heavy (non-hydrogen) atoms. The largest absolute Gasteiger partial charge is 0.478 e. The summed E-state index contributed by atoms with van der Waals surface area (Å²) in [7, 11) is 2.03. The maximum Gasteiger partial charge on any atom is 0.335 e. The van der Waals surface area contributed by atoms with Gasteiger partial charge in [0.25, 0.3) is 0 Å². The lowest BCUT2D eigenvalue weighted by molar-refractivity contribution is 0.0697. The van der Waals surface area contributed by atoms with Crippen molar-refractivity contribution in [2.45, 2.75) is 31.8 Å². The summed E-state index contributed by atoms with van der Waals surface area (Å²) < 4.78 is 2.13. The first-order valence-electron chi connectivity index (χ1n) is 6.70. The summed E-state index contributed by atoms with van der Waals surface area (Å²) in [5, 5.41) is 13.5. The minimum atomic E-state index is -0.875. The Kier molecular flexibility index (Phi) is 3.03. The number of rotatable bonds is 4. The topological polar surface area (TPSA) is 54.3 Å². The van der Waals surface area contributed by atoms with Gasteiger partial charge in [-0.15, -0.1) is 0 Å². The second-order valence-electron chi connectivity index (χ2n) is 5.28. The van der Waals surface area contributed by atoms with E-state index in [-0.39, 0.29) is 0 Å². The van der Waals surface area contributed by atoms with Crippen LogP contribution in [0.25, 0.3) is 10.9 Å². The zero-order valence-electron chi connectivity index (χ0n) is 11.0. The Bertz CT molecular complexity index is 626.